The maximum absolute atomic E-state index is 13.6. The summed E-state index contributed by atoms with van der Waals surface area (Å²) in [7, 11) is 0. The predicted molar refractivity (Wildman–Crippen MR) is 86.7 cm³/mol. The first-order valence-electron chi connectivity index (χ1n) is 6.52. The number of nitro benzene ring substituents is 1. The molecule has 0 spiro atoms. The van der Waals surface area contributed by atoms with E-state index in [-0.39, 0.29) is 22.7 Å². The van der Waals surface area contributed by atoms with Gasteiger partial charge in [0.1, 0.15) is 11.6 Å². The third-order valence-corrected chi connectivity index (χ3v) is 3.39. The van der Waals surface area contributed by atoms with E-state index in [0.717, 1.165) is 12.1 Å². The maximum atomic E-state index is 13.6. The number of nitrogens with one attached hydrogen (secondary N) is 1. The van der Waals surface area contributed by atoms with Gasteiger partial charge in [0.25, 0.3) is 11.6 Å². The van der Waals surface area contributed by atoms with Crippen molar-refractivity contribution >= 4 is 39.5 Å². The molecular weight excluding hydrogens is 387 g/mol. The summed E-state index contributed by atoms with van der Waals surface area (Å²) in [5.74, 6) is -1.25. The number of nitrogens with zero attached hydrogens (tertiary/aromatic N) is 1. The van der Waals surface area contributed by atoms with Crippen molar-refractivity contribution in [3.63, 3.8) is 0 Å². The van der Waals surface area contributed by atoms with Crippen LogP contribution in [0, 0.1) is 15.9 Å². The van der Waals surface area contributed by atoms with Gasteiger partial charge in [-0.25, -0.2) is 4.39 Å². The number of ether oxygens (including phenoxy) is 1. The molecule has 1 N–H and O–H groups in total. The van der Waals surface area contributed by atoms with Crippen LogP contribution in [0.25, 0.3) is 0 Å². The summed E-state index contributed by atoms with van der Waals surface area (Å²) in [4.78, 5) is 32.7. The lowest BCUT2D eigenvalue weighted by molar-refractivity contribution is -0.384. The molecule has 124 valence electrons. The second-order valence-electron chi connectivity index (χ2n) is 4.56. The average Bonchev–Trinajstić information content (AvgIpc) is 2.55. The summed E-state index contributed by atoms with van der Waals surface area (Å²) < 4.78 is 19.3. The molecule has 0 aliphatic heterocycles. The van der Waals surface area contributed by atoms with Crippen LogP contribution in [0.2, 0.25) is 0 Å². The molecule has 24 heavy (non-hydrogen) atoms. The van der Waals surface area contributed by atoms with Crippen LogP contribution in [-0.2, 0) is 4.79 Å². The highest BCUT2D eigenvalue weighted by Crippen LogP contribution is 2.23. The van der Waals surface area contributed by atoms with Gasteiger partial charge in [-0.2, -0.15) is 0 Å². The van der Waals surface area contributed by atoms with Crippen LogP contribution in [0.3, 0.4) is 0 Å². The number of carbonyl (C=O) groups is 2. The van der Waals surface area contributed by atoms with E-state index in [1.807, 2.05) is 0 Å². The highest BCUT2D eigenvalue weighted by molar-refractivity contribution is 9.10. The van der Waals surface area contributed by atoms with Crippen molar-refractivity contribution in [2.24, 2.45) is 0 Å². The summed E-state index contributed by atoms with van der Waals surface area (Å²) in [5, 5.41) is 13.0. The molecule has 0 aliphatic carbocycles. The van der Waals surface area contributed by atoms with Gasteiger partial charge in [0.15, 0.2) is 12.9 Å². The molecule has 0 bridgehead atoms. The van der Waals surface area contributed by atoms with Gasteiger partial charge in [0, 0.05) is 16.6 Å². The molecule has 9 heteroatoms. The summed E-state index contributed by atoms with van der Waals surface area (Å²) in [6, 6.07) is 7.52. The van der Waals surface area contributed by atoms with Gasteiger partial charge < -0.3 is 10.1 Å². The number of non-ortho nitro benzene ring substituents is 1. The standard InChI is InChI=1S/C15H10BrFN2O5/c16-10-1-3-13(12(17)6-10)18-15(21)8-24-14-4-2-11(19(22)23)5-9(14)7-20/h1-7H,8H2,(H,18,21). The molecule has 0 saturated carbocycles. The Balaban J connectivity index is 2.03. The van der Waals surface area contributed by atoms with E-state index in [9.17, 15) is 24.1 Å². The van der Waals surface area contributed by atoms with Gasteiger partial charge in [-0.05, 0) is 24.3 Å². The molecule has 7 nitrogen and oxygen atoms in total. The Labute approximate surface area is 143 Å². The fourth-order valence-corrected chi connectivity index (χ4v) is 2.13. The van der Waals surface area contributed by atoms with Crippen LogP contribution < -0.4 is 10.1 Å². The predicted octanol–water partition coefficient (Wildman–Crippen LogP) is 3.33. The zero-order chi connectivity index (χ0) is 17.7. The number of hydrogen-bond acceptors (Lipinski definition) is 5. The van der Waals surface area contributed by atoms with Gasteiger partial charge in [0.05, 0.1) is 16.2 Å². The second kappa shape index (κ2) is 7.64. The number of aldehydes is 1. The average molecular weight is 397 g/mol. The quantitative estimate of drug-likeness (QED) is 0.458. The summed E-state index contributed by atoms with van der Waals surface area (Å²) in [5.41, 5.74) is -0.358. The van der Waals surface area contributed by atoms with Crippen molar-refractivity contribution < 1.29 is 23.6 Å². The summed E-state index contributed by atoms with van der Waals surface area (Å²) in [6.45, 7) is -0.492. The van der Waals surface area contributed by atoms with E-state index >= 15 is 0 Å². The molecule has 2 rings (SSSR count). The number of carbonyl (C=O) groups excluding carboxylic acids is 2. The molecule has 0 unspecified atom stereocenters. The van der Waals surface area contributed by atoms with Crippen molar-refractivity contribution in [1.82, 2.24) is 0 Å². The SMILES string of the molecule is O=Cc1cc([N+](=O)[O-])ccc1OCC(=O)Nc1ccc(Br)cc1F. The Hall–Kier alpha value is -2.81. The minimum atomic E-state index is -0.653. The van der Waals surface area contributed by atoms with Gasteiger partial charge in [0.2, 0.25) is 0 Å². The van der Waals surface area contributed by atoms with Gasteiger partial charge >= 0.3 is 0 Å². The summed E-state index contributed by atoms with van der Waals surface area (Å²) in [6.07, 6.45) is 0.384. The Bertz CT molecular complexity index is 812. The van der Waals surface area contributed by atoms with Gasteiger partial charge in [-0.3, -0.25) is 19.7 Å². The van der Waals surface area contributed by atoms with E-state index in [4.69, 9.17) is 4.74 Å². The number of benzene rings is 2. The molecule has 1 amide bonds. The zero-order valence-corrected chi connectivity index (χ0v) is 13.6. The first-order valence-corrected chi connectivity index (χ1v) is 7.31. The highest BCUT2D eigenvalue weighted by Gasteiger charge is 2.13. The van der Waals surface area contributed by atoms with E-state index in [1.165, 1.54) is 18.2 Å². The van der Waals surface area contributed by atoms with Gasteiger partial charge in [-0.15, -0.1) is 0 Å². The van der Waals surface area contributed by atoms with Gasteiger partial charge in [-0.1, -0.05) is 15.9 Å². The monoisotopic (exact) mass is 396 g/mol. The van der Waals surface area contributed by atoms with Crippen LogP contribution in [0.15, 0.2) is 40.9 Å². The molecule has 0 aromatic heterocycles. The Morgan fingerprint density at radius 3 is 2.71 bits per heavy atom. The Kier molecular flexibility index (Phi) is 5.59. The normalized spacial score (nSPS) is 10.1. The lowest BCUT2D eigenvalue weighted by Gasteiger charge is -2.09. The van der Waals surface area contributed by atoms with Crippen LogP contribution in [0.5, 0.6) is 5.75 Å². The largest absolute Gasteiger partial charge is 0.483 e. The van der Waals surface area contributed by atoms with Crippen LogP contribution in [0.4, 0.5) is 15.8 Å². The van der Waals surface area contributed by atoms with E-state index in [1.54, 1.807) is 6.07 Å². The third kappa shape index (κ3) is 4.35. The molecule has 2 aromatic carbocycles. The molecule has 0 heterocycles. The van der Waals surface area contributed by atoms with Crippen molar-refractivity contribution in [1.29, 1.82) is 0 Å². The van der Waals surface area contributed by atoms with Crippen molar-refractivity contribution in [3.8, 4) is 5.75 Å². The van der Waals surface area contributed by atoms with Crippen LogP contribution in [-0.4, -0.2) is 23.7 Å². The lowest BCUT2D eigenvalue weighted by atomic mass is 10.2. The minimum absolute atomic E-state index is 0.0158. The summed E-state index contributed by atoms with van der Waals surface area (Å²) >= 11 is 3.10. The molecular formula is C15H10BrFN2O5. The smallest absolute Gasteiger partial charge is 0.270 e. The van der Waals surface area contributed by atoms with E-state index < -0.39 is 23.3 Å². The number of anilines is 1. The van der Waals surface area contributed by atoms with E-state index in [0.29, 0.717) is 10.8 Å². The van der Waals surface area contributed by atoms with Crippen molar-refractivity contribution in [2.45, 2.75) is 0 Å². The first-order chi connectivity index (χ1) is 11.4. The molecule has 2 aromatic rings. The Morgan fingerprint density at radius 1 is 1.33 bits per heavy atom. The zero-order valence-electron chi connectivity index (χ0n) is 12.0. The van der Waals surface area contributed by atoms with Crippen molar-refractivity contribution in [3.05, 3.63) is 62.4 Å². The number of nitro groups is 1. The van der Waals surface area contributed by atoms with Crippen LogP contribution >= 0.6 is 15.9 Å². The topological polar surface area (TPSA) is 98.5 Å². The second-order valence-corrected chi connectivity index (χ2v) is 5.47. The number of amides is 1. The third-order valence-electron chi connectivity index (χ3n) is 2.90. The molecule has 0 saturated heterocycles. The number of rotatable bonds is 6. The number of hydrogen-bond donors (Lipinski definition) is 1. The Morgan fingerprint density at radius 2 is 2.08 bits per heavy atom. The van der Waals surface area contributed by atoms with Crippen LogP contribution in [0.1, 0.15) is 10.4 Å². The molecule has 0 atom stereocenters. The first kappa shape index (κ1) is 17.5. The fourth-order valence-electron chi connectivity index (χ4n) is 1.79. The highest BCUT2D eigenvalue weighted by atomic mass is 79.9. The van der Waals surface area contributed by atoms with Crippen molar-refractivity contribution in [2.75, 3.05) is 11.9 Å². The fraction of sp³-hybridized carbons (Fsp3) is 0.0667. The molecule has 0 aliphatic rings. The lowest BCUT2D eigenvalue weighted by Crippen LogP contribution is -2.21. The van der Waals surface area contributed by atoms with E-state index in [2.05, 4.69) is 21.2 Å². The number of halogens is 2. The minimum Gasteiger partial charge on any atom is -0.483 e. The maximum Gasteiger partial charge on any atom is 0.270 e. The molecule has 0 fully saturated rings. The molecule has 0 radical (unpaired) electrons.